The van der Waals surface area contributed by atoms with E-state index in [1.165, 1.54) is 32.1 Å². The third-order valence-corrected chi connectivity index (χ3v) is 5.59. The van der Waals surface area contributed by atoms with Gasteiger partial charge in [0.1, 0.15) is 0 Å². The molecule has 0 aromatic heterocycles. The lowest BCUT2D eigenvalue weighted by molar-refractivity contribution is -0.277. The van der Waals surface area contributed by atoms with E-state index < -0.39 is 11.3 Å². The zero-order valence-electron chi connectivity index (χ0n) is 18.5. The Morgan fingerprint density at radius 1 is 0.963 bits per heavy atom. The molecule has 0 radical (unpaired) electrons. The second-order valence-electron chi connectivity index (χ2n) is 7.59. The average molecular weight is 385 g/mol. The van der Waals surface area contributed by atoms with Crippen LogP contribution in [-0.4, -0.2) is 37.2 Å². The van der Waals surface area contributed by atoms with Crippen LogP contribution in [0.4, 0.5) is 0 Å². The van der Waals surface area contributed by atoms with Gasteiger partial charge < -0.3 is 15.2 Å². The fourth-order valence-corrected chi connectivity index (χ4v) is 4.19. The number of rotatable bonds is 18. The van der Waals surface area contributed by atoms with Crippen molar-refractivity contribution >= 4 is 6.08 Å². The molecule has 0 amide bonds. The molecule has 160 valence electrons. The van der Waals surface area contributed by atoms with Crippen molar-refractivity contribution in [3.8, 4) is 0 Å². The Morgan fingerprint density at radius 3 is 2.04 bits per heavy atom. The minimum atomic E-state index is -0.726. The molecule has 0 saturated heterocycles. The molecule has 0 fully saturated rings. The van der Waals surface area contributed by atoms with Crippen molar-refractivity contribution in [2.45, 2.75) is 110 Å². The van der Waals surface area contributed by atoms with Gasteiger partial charge in [-0.05, 0) is 53.0 Å². The third-order valence-electron chi connectivity index (χ3n) is 5.59. The van der Waals surface area contributed by atoms with Gasteiger partial charge in [-0.1, -0.05) is 52.4 Å². The smallest absolute Gasteiger partial charge is 0.235 e. The highest BCUT2D eigenvalue weighted by Crippen LogP contribution is 2.43. The fraction of sp³-hybridized carbons (Fsp3) is 0.955. The molecule has 0 aromatic carbocycles. The van der Waals surface area contributed by atoms with E-state index >= 15 is 0 Å². The average Bonchev–Trinajstić information content (AvgIpc) is 2.66. The van der Waals surface area contributed by atoms with Crippen LogP contribution in [0.3, 0.4) is 0 Å². The zero-order chi connectivity index (χ0) is 20.6. The molecule has 0 saturated carbocycles. The van der Waals surface area contributed by atoms with Crippen molar-refractivity contribution in [3.05, 3.63) is 0 Å². The van der Waals surface area contributed by atoms with Crippen LogP contribution in [-0.2, 0) is 14.3 Å². The zero-order valence-corrected chi connectivity index (χ0v) is 18.5. The van der Waals surface area contributed by atoms with Crippen molar-refractivity contribution in [1.82, 2.24) is 0 Å². The van der Waals surface area contributed by atoms with Gasteiger partial charge in [-0.25, -0.2) is 4.79 Å². The molecule has 27 heavy (non-hydrogen) atoms. The van der Waals surface area contributed by atoms with Gasteiger partial charge in [0.15, 0.2) is 5.79 Å². The van der Waals surface area contributed by atoms with E-state index in [-0.39, 0.29) is 5.92 Å². The normalized spacial score (nSPS) is 15.2. The molecule has 5 nitrogen and oxygen atoms in total. The first-order valence-electron chi connectivity index (χ1n) is 11.1. The number of ether oxygens (including phenoxy) is 2. The Hall–Kier alpha value is -0.740. The molecule has 0 heterocycles. The van der Waals surface area contributed by atoms with Gasteiger partial charge in [-0.2, -0.15) is 4.99 Å². The topological polar surface area (TPSA) is 73.9 Å². The summed E-state index contributed by atoms with van der Waals surface area (Å²) in [7, 11) is 0. The number of aliphatic imine (C=N–C) groups is 1. The van der Waals surface area contributed by atoms with Crippen LogP contribution in [0, 0.1) is 5.92 Å². The van der Waals surface area contributed by atoms with E-state index in [1.807, 2.05) is 26.9 Å². The van der Waals surface area contributed by atoms with Crippen molar-refractivity contribution in [2.24, 2.45) is 16.6 Å². The molecule has 0 spiro atoms. The Balaban J connectivity index is 5.56. The van der Waals surface area contributed by atoms with Crippen molar-refractivity contribution < 1.29 is 14.3 Å². The molecule has 0 aromatic rings. The molecule has 2 unspecified atom stereocenters. The van der Waals surface area contributed by atoms with Crippen molar-refractivity contribution in [2.75, 3.05) is 19.8 Å². The van der Waals surface area contributed by atoms with E-state index in [1.54, 1.807) is 0 Å². The van der Waals surface area contributed by atoms with Crippen LogP contribution in [0.15, 0.2) is 4.99 Å². The second-order valence-corrected chi connectivity index (χ2v) is 7.59. The van der Waals surface area contributed by atoms with Gasteiger partial charge in [0.25, 0.3) is 0 Å². The SMILES string of the molecule is CCCCCCCCC(C(C)(CCCN)N=C=O)C(CC)(OCC)OCC. The minimum Gasteiger partial charge on any atom is -0.350 e. The first-order valence-corrected chi connectivity index (χ1v) is 11.1. The third kappa shape index (κ3) is 8.87. The molecule has 0 aliphatic heterocycles. The standard InChI is InChI=1S/C22H44N2O3/c1-6-10-11-12-13-14-16-20(21(5,24-19-25)17-15-18-23)22(7-2,26-8-3)27-9-4/h20H,6-18,23H2,1-5H3. The Labute approximate surface area is 167 Å². The van der Waals surface area contributed by atoms with Crippen LogP contribution in [0.1, 0.15) is 98.8 Å². The summed E-state index contributed by atoms with van der Waals surface area (Å²) in [6.45, 7) is 12.1. The molecule has 2 N–H and O–H groups in total. The number of nitrogens with two attached hydrogens (primary N) is 1. The number of hydrogen-bond acceptors (Lipinski definition) is 5. The Bertz CT molecular complexity index is 404. The highest BCUT2D eigenvalue weighted by Gasteiger charge is 2.49. The molecule has 2 atom stereocenters. The van der Waals surface area contributed by atoms with Gasteiger partial charge in [0.2, 0.25) is 6.08 Å². The number of isocyanates is 1. The van der Waals surface area contributed by atoms with Gasteiger partial charge in [-0.3, -0.25) is 0 Å². The number of unbranched alkanes of at least 4 members (excludes halogenated alkanes) is 5. The second kappa shape index (κ2) is 15.2. The van der Waals surface area contributed by atoms with Gasteiger partial charge in [0, 0.05) is 19.1 Å². The van der Waals surface area contributed by atoms with Crippen LogP contribution in [0.5, 0.6) is 0 Å². The van der Waals surface area contributed by atoms with Crippen molar-refractivity contribution in [3.63, 3.8) is 0 Å². The molecule has 0 bridgehead atoms. The summed E-state index contributed by atoms with van der Waals surface area (Å²) in [6.07, 6.45) is 12.4. The molecular weight excluding hydrogens is 340 g/mol. The van der Waals surface area contributed by atoms with E-state index in [0.29, 0.717) is 19.8 Å². The molecule has 0 rings (SSSR count). The van der Waals surface area contributed by atoms with Crippen LogP contribution in [0.2, 0.25) is 0 Å². The maximum Gasteiger partial charge on any atom is 0.235 e. The highest BCUT2D eigenvalue weighted by atomic mass is 16.7. The lowest BCUT2D eigenvalue weighted by Gasteiger charge is -2.46. The maximum absolute atomic E-state index is 11.3. The summed E-state index contributed by atoms with van der Waals surface area (Å²) in [6, 6.07) is 0. The number of nitrogens with zero attached hydrogens (tertiary/aromatic N) is 1. The monoisotopic (exact) mass is 384 g/mol. The molecule has 0 aliphatic carbocycles. The summed E-state index contributed by atoms with van der Waals surface area (Å²) < 4.78 is 12.4. The summed E-state index contributed by atoms with van der Waals surface area (Å²) in [4.78, 5) is 15.5. The predicted octanol–water partition coefficient (Wildman–Crippen LogP) is 5.37. The van der Waals surface area contributed by atoms with Crippen LogP contribution >= 0.6 is 0 Å². The van der Waals surface area contributed by atoms with Gasteiger partial charge >= 0.3 is 0 Å². The first-order chi connectivity index (χ1) is 13.0. The summed E-state index contributed by atoms with van der Waals surface area (Å²) >= 11 is 0. The predicted molar refractivity (Wildman–Crippen MR) is 113 cm³/mol. The molecule has 5 heteroatoms. The lowest BCUT2D eigenvalue weighted by atomic mass is 9.73. The fourth-order valence-electron chi connectivity index (χ4n) is 4.19. The van der Waals surface area contributed by atoms with E-state index in [9.17, 15) is 4.79 Å². The molecular formula is C22H44N2O3. The number of carbonyl (C=O) groups excluding carboxylic acids is 1. The summed E-state index contributed by atoms with van der Waals surface area (Å²) in [5, 5.41) is 0. The number of hydrogen-bond donors (Lipinski definition) is 1. The first kappa shape index (κ1) is 26.3. The quantitative estimate of drug-likeness (QED) is 0.149. The minimum absolute atomic E-state index is 0.00549. The van der Waals surface area contributed by atoms with Crippen LogP contribution in [0.25, 0.3) is 0 Å². The summed E-state index contributed by atoms with van der Waals surface area (Å²) in [5.74, 6) is -0.731. The van der Waals surface area contributed by atoms with Crippen molar-refractivity contribution in [1.29, 1.82) is 0 Å². The van der Waals surface area contributed by atoms with Gasteiger partial charge in [0.05, 0.1) is 5.54 Å². The lowest BCUT2D eigenvalue weighted by Crippen LogP contribution is -2.53. The largest absolute Gasteiger partial charge is 0.350 e. The van der Waals surface area contributed by atoms with Gasteiger partial charge in [-0.15, -0.1) is 0 Å². The highest BCUT2D eigenvalue weighted by molar-refractivity contribution is 5.35. The Morgan fingerprint density at radius 2 is 1.56 bits per heavy atom. The maximum atomic E-state index is 11.3. The summed E-state index contributed by atoms with van der Waals surface area (Å²) in [5.41, 5.74) is 5.18. The Kier molecular flexibility index (Phi) is 14.8. The van der Waals surface area contributed by atoms with E-state index in [4.69, 9.17) is 15.2 Å². The molecule has 0 aliphatic rings. The van der Waals surface area contributed by atoms with E-state index in [2.05, 4.69) is 18.8 Å². The van der Waals surface area contributed by atoms with Crippen LogP contribution < -0.4 is 5.73 Å². The van der Waals surface area contributed by atoms with E-state index in [0.717, 1.165) is 32.1 Å².